The largest absolute Gasteiger partial charge is 0.449 e. The minimum absolute atomic E-state index is 1.13. The molecule has 0 saturated carbocycles. The summed E-state index contributed by atoms with van der Waals surface area (Å²) in [6.07, 6.45) is 4.83. The molecule has 0 amide bonds. The molecule has 34 heavy (non-hydrogen) atoms. The lowest BCUT2D eigenvalue weighted by Gasteiger charge is -2.39. The van der Waals surface area contributed by atoms with Crippen LogP contribution in [0, 0.1) is 0 Å². The van der Waals surface area contributed by atoms with Crippen molar-refractivity contribution in [2.24, 2.45) is 0 Å². The lowest BCUT2D eigenvalue weighted by atomic mass is 10.6. The van der Waals surface area contributed by atoms with Crippen LogP contribution in [0.4, 0.5) is 0 Å². The summed E-state index contributed by atoms with van der Waals surface area (Å²) in [5, 5.41) is 0. The van der Waals surface area contributed by atoms with E-state index in [4.69, 9.17) is 8.23 Å². The highest BCUT2D eigenvalue weighted by atomic mass is 28.4. The monoisotopic (exact) mass is 540 g/mol. The molecule has 0 spiro atoms. The smallest absolute Gasteiger partial charge is 0.204 e. The van der Waals surface area contributed by atoms with Gasteiger partial charge in [-0.25, -0.2) is 0 Å². The lowest BCUT2D eigenvalue weighted by molar-refractivity contribution is 0.522. The van der Waals surface area contributed by atoms with Crippen LogP contribution in [-0.4, -0.2) is 33.3 Å². The van der Waals surface area contributed by atoms with Gasteiger partial charge in [0.15, 0.2) is 0 Å². The Morgan fingerprint density at radius 1 is 0.412 bits per heavy atom. The summed E-state index contributed by atoms with van der Waals surface area (Å²) < 4.78 is 13.5. The Morgan fingerprint density at radius 3 is 0.765 bits per heavy atom. The topological polar surface area (TPSA) is 18.5 Å². The molecule has 0 saturated heterocycles. The number of rotatable bonds is 20. The van der Waals surface area contributed by atoms with E-state index in [9.17, 15) is 0 Å². The van der Waals surface area contributed by atoms with Crippen LogP contribution in [0.1, 0.15) is 81.1 Å². The molecule has 0 aromatic carbocycles. The first-order valence-corrected chi connectivity index (χ1v) is 23.7. The average Bonchev–Trinajstić information content (AvgIpc) is 2.86. The Labute approximate surface area is 219 Å². The van der Waals surface area contributed by atoms with Crippen molar-refractivity contribution in [2.75, 3.05) is 0 Å². The molecule has 0 aromatic rings. The number of hydrogen-bond donors (Lipinski definition) is 0. The van der Waals surface area contributed by atoms with Crippen molar-refractivity contribution in [3.63, 3.8) is 0 Å². The van der Waals surface area contributed by atoms with E-state index in [1.165, 1.54) is 49.9 Å². The molecule has 6 heteroatoms. The van der Waals surface area contributed by atoms with Gasteiger partial charge in [0.1, 0.15) is 0 Å². The van der Waals surface area contributed by atoms with Gasteiger partial charge in [-0.3, -0.25) is 0 Å². The Balaban J connectivity index is 0. The van der Waals surface area contributed by atoms with E-state index in [1.807, 2.05) is 0 Å². The van der Waals surface area contributed by atoms with Crippen LogP contribution in [0.25, 0.3) is 0 Å². The van der Waals surface area contributed by atoms with Gasteiger partial charge in [0.05, 0.1) is 0 Å². The van der Waals surface area contributed by atoms with Gasteiger partial charge in [-0.1, -0.05) is 104 Å². The summed E-state index contributed by atoms with van der Waals surface area (Å²) >= 11 is 0. The summed E-state index contributed by atoms with van der Waals surface area (Å²) in [5.41, 5.74) is 8.64. The molecule has 2 nitrogen and oxygen atoms in total. The Bertz CT molecular complexity index is 509. The molecule has 0 bridgehead atoms. The fourth-order valence-electron chi connectivity index (χ4n) is 4.90. The molecular formula is C28H60O2Si4. The van der Waals surface area contributed by atoms with E-state index < -0.39 is 33.3 Å². The minimum Gasteiger partial charge on any atom is -0.449 e. The van der Waals surface area contributed by atoms with Crippen LogP contribution in [0.5, 0.6) is 0 Å². The maximum atomic E-state index is 6.93. The highest BCUT2D eigenvalue weighted by Crippen LogP contribution is 2.32. The molecule has 200 valence electrons. The van der Waals surface area contributed by atoms with Crippen molar-refractivity contribution in [2.45, 2.75) is 129 Å². The van der Waals surface area contributed by atoms with E-state index in [-0.39, 0.29) is 0 Å². The number of hydrogen-bond acceptors (Lipinski definition) is 2. The Kier molecular flexibility index (Phi) is 20.0. The highest BCUT2D eigenvalue weighted by Gasteiger charge is 2.40. The van der Waals surface area contributed by atoms with E-state index >= 15 is 0 Å². The molecular weight excluding hydrogens is 481 g/mol. The van der Waals surface area contributed by atoms with E-state index in [1.54, 1.807) is 0 Å². The minimum atomic E-state index is -1.75. The van der Waals surface area contributed by atoms with E-state index in [0.29, 0.717) is 0 Å². The predicted octanol–water partition coefficient (Wildman–Crippen LogP) is 10.4. The maximum absolute atomic E-state index is 6.93. The first-order valence-electron chi connectivity index (χ1n) is 14.1. The Morgan fingerprint density at radius 2 is 0.618 bits per heavy atom. The second kappa shape index (κ2) is 18.9. The molecule has 0 atom stereocenters. The summed E-state index contributed by atoms with van der Waals surface area (Å²) in [7, 11) is -6.81. The van der Waals surface area contributed by atoms with Crippen LogP contribution in [-0.2, 0) is 8.23 Å². The summed E-state index contributed by atoms with van der Waals surface area (Å²) in [4.78, 5) is 0. The van der Waals surface area contributed by atoms with Gasteiger partial charge in [-0.05, 0) is 48.4 Å². The zero-order valence-corrected chi connectivity index (χ0v) is 28.4. The van der Waals surface area contributed by atoms with Crippen molar-refractivity contribution in [3.8, 4) is 0 Å². The van der Waals surface area contributed by atoms with Gasteiger partial charge in [0.2, 0.25) is 33.3 Å². The van der Waals surface area contributed by atoms with Gasteiger partial charge >= 0.3 is 0 Å². The summed E-state index contributed by atoms with van der Waals surface area (Å²) in [6.45, 7) is 34.2. The van der Waals surface area contributed by atoms with Crippen LogP contribution < -0.4 is 0 Å². The third kappa shape index (κ3) is 11.2. The second-order valence-corrected chi connectivity index (χ2v) is 26.3. The predicted molar refractivity (Wildman–Crippen MR) is 168 cm³/mol. The SMILES string of the molecule is C=C[Si](CC)(CC)O[Si](C=C)(CC)CC.C=C[Si](CCC)(CCC)O[Si](C=C)(CCC)CCC. The molecule has 0 fully saturated rings. The molecule has 0 rings (SSSR count). The maximum Gasteiger partial charge on any atom is 0.204 e. The second-order valence-electron chi connectivity index (χ2n) is 9.69. The summed E-state index contributed by atoms with van der Waals surface area (Å²) in [5.74, 6) is 0. The summed E-state index contributed by atoms with van der Waals surface area (Å²) in [6, 6.07) is 9.43. The molecule has 0 unspecified atom stereocenters. The Hall–Kier alpha value is -0.252. The first kappa shape index (κ1) is 35.9. The van der Waals surface area contributed by atoms with Crippen molar-refractivity contribution < 1.29 is 8.23 Å². The molecule has 0 aliphatic heterocycles. The van der Waals surface area contributed by atoms with E-state index in [0.717, 1.165) is 24.2 Å². The van der Waals surface area contributed by atoms with Gasteiger partial charge in [0.25, 0.3) is 0 Å². The third-order valence-corrected chi connectivity index (χ3v) is 27.0. The molecule has 0 aliphatic carbocycles. The molecule has 0 aromatic heterocycles. The molecule has 0 radical (unpaired) electrons. The van der Waals surface area contributed by atoms with Crippen molar-refractivity contribution >= 4 is 33.3 Å². The van der Waals surface area contributed by atoms with Gasteiger partial charge in [-0.2, -0.15) is 0 Å². The van der Waals surface area contributed by atoms with Crippen molar-refractivity contribution in [1.82, 2.24) is 0 Å². The van der Waals surface area contributed by atoms with Crippen LogP contribution in [0.3, 0.4) is 0 Å². The third-order valence-electron chi connectivity index (χ3n) is 7.39. The normalized spacial score (nSPS) is 12.5. The molecule has 0 N–H and O–H groups in total. The fraction of sp³-hybridized carbons (Fsp3) is 0.714. The van der Waals surface area contributed by atoms with Crippen LogP contribution in [0.2, 0.25) is 48.4 Å². The van der Waals surface area contributed by atoms with E-state index in [2.05, 4.69) is 105 Å². The highest BCUT2D eigenvalue weighted by molar-refractivity contribution is 6.92. The van der Waals surface area contributed by atoms with Gasteiger partial charge in [-0.15, -0.1) is 26.3 Å². The molecule has 0 heterocycles. The van der Waals surface area contributed by atoms with Crippen molar-refractivity contribution in [3.05, 3.63) is 49.1 Å². The zero-order valence-electron chi connectivity index (χ0n) is 24.4. The average molecular weight is 541 g/mol. The molecule has 0 aliphatic rings. The van der Waals surface area contributed by atoms with Crippen LogP contribution in [0.15, 0.2) is 49.1 Å². The van der Waals surface area contributed by atoms with Gasteiger partial charge < -0.3 is 8.23 Å². The fourth-order valence-corrected chi connectivity index (χ4v) is 23.5. The first-order chi connectivity index (χ1) is 16.1. The quantitative estimate of drug-likeness (QED) is 0.143. The van der Waals surface area contributed by atoms with Crippen molar-refractivity contribution in [1.29, 1.82) is 0 Å². The zero-order chi connectivity index (χ0) is 26.7. The lowest BCUT2D eigenvalue weighted by Crippen LogP contribution is -2.49. The van der Waals surface area contributed by atoms with Gasteiger partial charge in [0, 0.05) is 0 Å². The van der Waals surface area contributed by atoms with Crippen LogP contribution >= 0.6 is 0 Å². The standard InChI is InChI=1S/C16H34OSi2.C12H26OSi2/c1-7-13-18(11-5,14-8-2)17-19(12-6,15-9-3)16-10-4;1-7-14(8-2,9-3)13-15(10-4,11-5)12-6/h11-12H,5-10,13-16H2,1-4H3;7,10H,1,4,8-9,11-12H2,2-3,5-6H3.